The minimum atomic E-state index is 1.17. The first-order valence-corrected chi connectivity index (χ1v) is 11.2. The van der Waals surface area contributed by atoms with Gasteiger partial charge in [-0.05, 0) is 27.7 Å². The molecule has 168 valence electrons. The van der Waals surface area contributed by atoms with E-state index < -0.39 is 0 Å². The van der Waals surface area contributed by atoms with Gasteiger partial charge in [0.1, 0.15) is 0 Å². The third-order valence-electron chi connectivity index (χ3n) is 0. The van der Waals surface area contributed by atoms with Gasteiger partial charge in [0.2, 0.25) is 0 Å². The molecule has 0 N–H and O–H groups in total. The zero-order valence-corrected chi connectivity index (χ0v) is 22.7. The maximum atomic E-state index is 3.56. The smallest absolute Gasteiger partial charge is 0.0445 e. The van der Waals surface area contributed by atoms with E-state index in [0.29, 0.717) is 0 Å². The van der Waals surface area contributed by atoms with Crippen LogP contribution >= 0.6 is 0 Å². The van der Waals surface area contributed by atoms with Gasteiger partial charge in [-0.1, -0.05) is 133 Å². The molecule has 0 aliphatic rings. The van der Waals surface area contributed by atoms with Gasteiger partial charge in [-0.15, -0.1) is 13.2 Å². The molecule has 0 heterocycles. The van der Waals surface area contributed by atoms with E-state index in [9.17, 15) is 0 Å². The molecular formula is C26H64. The Bertz CT molecular complexity index is 107. The van der Waals surface area contributed by atoms with Crippen molar-refractivity contribution in [2.45, 2.75) is 149 Å². The van der Waals surface area contributed by atoms with Crippen LogP contribution in [-0.2, 0) is 0 Å². The van der Waals surface area contributed by atoms with Crippen molar-refractivity contribution in [2.24, 2.45) is 0 Å². The van der Waals surface area contributed by atoms with E-state index in [-0.39, 0.29) is 0 Å². The van der Waals surface area contributed by atoms with E-state index in [1.165, 1.54) is 49.7 Å². The third-order valence-corrected chi connectivity index (χ3v) is 0. The summed E-state index contributed by atoms with van der Waals surface area (Å²) < 4.78 is 0. The summed E-state index contributed by atoms with van der Waals surface area (Å²) in [6, 6.07) is 0. The Hall–Kier alpha value is -0.520. The van der Waals surface area contributed by atoms with Crippen LogP contribution in [0.2, 0.25) is 0 Å². The van der Waals surface area contributed by atoms with Crippen LogP contribution in [0, 0.1) is 0 Å². The Kier molecular flexibility index (Phi) is 197. The van der Waals surface area contributed by atoms with Gasteiger partial charge in [0.05, 0.1) is 0 Å². The molecule has 0 aromatic carbocycles. The van der Waals surface area contributed by atoms with Crippen molar-refractivity contribution in [3.05, 3.63) is 24.3 Å². The van der Waals surface area contributed by atoms with Gasteiger partial charge in [-0.25, -0.2) is 0 Å². The predicted molar refractivity (Wildman–Crippen MR) is 137 cm³/mol. The SMILES string of the molecule is C=C(C)C.C=C(C)C.CCC.CCC.CCC.CCC.CCC.CCC. The second-order valence-corrected chi connectivity index (χ2v) is 6.66. The summed E-state index contributed by atoms with van der Waals surface area (Å²) in [5.74, 6) is 0. The van der Waals surface area contributed by atoms with Crippen LogP contribution < -0.4 is 0 Å². The highest BCUT2D eigenvalue weighted by molar-refractivity contribution is 4.79. The van der Waals surface area contributed by atoms with Gasteiger partial charge in [0, 0.05) is 0 Å². The van der Waals surface area contributed by atoms with Crippen LogP contribution in [-0.4, -0.2) is 0 Å². The van der Waals surface area contributed by atoms with Crippen molar-refractivity contribution in [2.75, 3.05) is 0 Å². The topological polar surface area (TPSA) is 0 Å². The number of hydrogen-bond donors (Lipinski definition) is 0. The normalized spacial score (nSPS) is 6.15. The first-order chi connectivity index (χ1) is 11.9. The lowest BCUT2D eigenvalue weighted by atomic mass is 10.4. The van der Waals surface area contributed by atoms with E-state index in [1.54, 1.807) is 0 Å². The van der Waals surface area contributed by atoms with Crippen LogP contribution in [0.5, 0.6) is 0 Å². The maximum Gasteiger partial charge on any atom is -0.0445 e. The molecular weight excluding hydrogens is 312 g/mol. The molecule has 0 aliphatic carbocycles. The van der Waals surface area contributed by atoms with Crippen molar-refractivity contribution in [3.8, 4) is 0 Å². The van der Waals surface area contributed by atoms with Crippen molar-refractivity contribution in [1.29, 1.82) is 0 Å². The second-order valence-electron chi connectivity index (χ2n) is 6.66. The van der Waals surface area contributed by atoms with Crippen LogP contribution in [0.1, 0.15) is 149 Å². The number of hydrogen-bond acceptors (Lipinski definition) is 0. The highest BCUT2D eigenvalue weighted by atomic mass is 13.6. The molecule has 26 heavy (non-hydrogen) atoms. The minimum Gasteiger partial charge on any atom is -0.100 e. The molecule has 0 atom stereocenters. The molecule has 0 amide bonds. The Labute approximate surface area is 174 Å². The molecule has 0 aromatic rings. The summed E-state index contributed by atoms with van der Waals surface area (Å²) >= 11 is 0. The van der Waals surface area contributed by atoms with Crippen LogP contribution in [0.3, 0.4) is 0 Å². The van der Waals surface area contributed by atoms with Gasteiger partial charge in [-0.3, -0.25) is 0 Å². The first-order valence-electron chi connectivity index (χ1n) is 11.2. The van der Waals surface area contributed by atoms with Crippen molar-refractivity contribution >= 4 is 0 Å². The van der Waals surface area contributed by atoms with Gasteiger partial charge >= 0.3 is 0 Å². The largest absolute Gasteiger partial charge is 0.100 e. The Morgan fingerprint density at radius 1 is 0.346 bits per heavy atom. The molecule has 0 saturated heterocycles. The zero-order valence-electron chi connectivity index (χ0n) is 22.7. The van der Waals surface area contributed by atoms with Crippen LogP contribution in [0.15, 0.2) is 24.3 Å². The Balaban J connectivity index is -0.0000000238. The fraction of sp³-hybridized carbons (Fsp3) is 0.846. The summed E-state index contributed by atoms with van der Waals surface area (Å²) in [7, 11) is 0. The highest BCUT2D eigenvalue weighted by Gasteiger charge is 1.52. The molecule has 0 saturated carbocycles. The number of allylic oxidation sites excluding steroid dienone is 2. The predicted octanol–water partition coefficient (Wildman–Crippen LogP) is 11.7. The first kappa shape index (κ1) is 50.0. The molecule has 0 rings (SSSR count). The Morgan fingerprint density at radius 3 is 0.346 bits per heavy atom. The standard InChI is InChI=1S/2C4H8.6C3H8/c2*1-4(2)3;6*1-3-2/h2*1H2,2-3H3;6*3H2,1-2H3. The molecule has 0 unspecified atom stereocenters. The third kappa shape index (κ3) is 43900. The summed E-state index contributed by atoms with van der Waals surface area (Å²) in [6.45, 7) is 40.5. The van der Waals surface area contributed by atoms with Crippen molar-refractivity contribution < 1.29 is 0 Å². The molecule has 0 aliphatic heterocycles. The van der Waals surface area contributed by atoms with Crippen LogP contribution in [0.25, 0.3) is 0 Å². The average molecular weight is 377 g/mol. The van der Waals surface area contributed by atoms with E-state index in [4.69, 9.17) is 0 Å². The van der Waals surface area contributed by atoms with Crippen molar-refractivity contribution in [3.63, 3.8) is 0 Å². The number of rotatable bonds is 0. The lowest BCUT2D eigenvalue weighted by molar-refractivity contribution is 1.09. The van der Waals surface area contributed by atoms with Gasteiger partial charge in [0.15, 0.2) is 0 Å². The van der Waals surface area contributed by atoms with Crippen LogP contribution in [0.4, 0.5) is 0 Å². The molecule has 0 fully saturated rings. The fourth-order valence-electron chi connectivity index (χ4n) is 0. The van der Waals surface area contributed by atoms with E-state index >= 15 is 0 Å². The van der Waals surface area contributed by atoms with E-state index in [1.807, 2.05) is 27.7 Å². The van der Waals surface area contributed by atoms with Gasteiger partial charge < -0.3 is 0 Å². The summed E-state index contributed by atoms with van der Waals surface area (Å²) in [5, 5.41) is 0. The van der Waals surface area contributed by atoms with Gasteiger partial charge in [-0.2, -0.15) is 0 Å². The fourth-order valence-corrected chi connectivity index (χ4v) is 0. The Morgan fingerprint density at radius 2 is 0.346 bits per heavy atom. The van der Waals surface area contributed by atoms with E-state index in [0.717, 1.165) is 0 Å². The van der Waals surface area contributed by atoms with E-state index in [2.05, 4.69) is 96.2 Å². The quantitative estimate of drug-likeness (QED) is 0.368. The average Bonchev–Trinajstić information content (AvgIpc) is 2.41. The minimum absolute atomic E-state index is 1.17. The van der Waals surface area contributed by atoms with Gasteiger partial charge in [0.25, 0.3) is 0 Å². The molecule has 0 nitrogen and oxygen atoms in total. The summed E-state index contributed by atoms with van der Waals surface area (Å²) in [4.78, 5) is 0. The summed E-state index contributed by atoms with van der Waals surface area (Å²) in [6.07, 6.45) is 7.50. The highest BCUT2D eigenvalue weighted by Crippen LogP contribution is 1.74. The lowest BCUT2D eigenvalue weighted by Crippen LogP contribution is -1.43. The molecule has 0 spiro atoms. The lowest BCUT2D eigenvalue weighted by Gasteiger charge is -1.65. The molecule has 0 bridgehead atoms. The second kappa shape index (κ2) is 102. The zero-order chi connectivity index (χ0) is 23.4. The van der Waals surface area contributed by atoms with Crippen molar-refractivity contribution in [1.82, 2.24) is 0 Å². The summed E-state index contributed by atoms with van der Waals surface area (Å²) in [5.41, 5.74) is 2.33. The maximum absolute atomic E-state index is 3.56. The molecule has 0 radical (unpaired) electrons. The molecule has 0 heteroatoms. The molecule has 0 aromatic heterocycles. The monoisotopic (exact) mass is 377 g/mol.